The van der Waals surface area contributed by atoms with Crippen LogP contribution in [0.15, 0.2) is 18.2 Å². The number of anilines is 1. The molecule has 16 heavy (non-hydrogen) atoms. The van der Waals surface area contributed by atoms with Crippen LogP contribution in [0.1, 0.15) is 25.8 Å². The molecular formula is C13H21NO2. The average molecular weight is 223 g/mol. The second kappa shape index (κ2) is 5.21. The van der Waals surface area contributed by atoms with Gasteiger partial charge in [-0.3, -0.25) is 0 Å². The fourth-order valence-electron chi connectivity index (χ4n) is 1.28. The summed E-state index contributed by atoms with van der Waals surface area (Å²) in [6.45, 7) is 6.73. The smallest absolute Gasteiger partial charge is 0.124 e. The van der Waals surface area contributed by atoms with E-state index >= 15 is 0 Å². The van der Waals surface area contributed by atoms with Crippen LogP contribution in [0.25, 0.3) is 0 Å². The number of nitrogens with two attached hydrogens (primary N) is 1. The van der Waals surface area contributed by atoms with Gasteiger partial charge in [0, 0.05) is 25.3 Å². The zero-order chi connectivity index (χ0) is 12.2. The van der Waals surface area contributed by atoms with Crippen molar-refractivity contribution in [3.8, 4) is 5.75 Å². The van der Waals surface area contributed by atoms with E-state index in [0.717, 1.165) is 23.4 Å². The number of methoxy groups -OCH3 is 1. The molecule has 1 aromatic rings. The molecule has 0 bridgehead atoms. The SMILES string of the molecule is COC(C)(C)CCOc1cc(N)ccc1C. The van der Waals surface area contributed by atoms with Gasteiger partial charge in [0.2, 0.25) is 0 Å². The Morgan fingerprint density at radius 3 is 2.62 bits per heavy atom. The lowest BCUT2D eigenvalue weighted by Crippen LogP contribution is -2.25. The van der Waals surface area contributed by atoms with E-state index in [0.29, 0.717) is 6.61 Å². The van der Waals surface area contributed by atoms with Gasteiger partial charge in [-0.05, 0) is 32.4 Å². The molecule has 0 aliphatic heterocycles. The molecule has 3 nitrogen and oxygen atoms in total. The highest BCUT2D eigenvalue weighted by molar-refractivity contribution is 5.47. The molecule has 0 saturated heterocycles. The van der Waals surface area contributed by atoms with Crippen molar-refractivity contribution in [2.75, 3.05) is 19.5 Å². The molecule has 0 aromatic heterocycles. The third-order valence-electron chi connectivity index (χ3n) is 2.73. The molecule has 0 atom stereocenters. The van der Waals surface area contributed by atoms with Gasteiger partial charge in [0.05, 0.1) is 12.2 Å². The predicted octanol–water partition coefficient (Wildman–Crippen LogP) is 2.77. The topological polar surface area (TPSA) is 44.5 Å². The fraction of sp³-hybridized carbons (Fsp3) is 0.538. The Morgan fingerprint density at radius 1 is 1.31 bits per heavy atom. The first kappa shape index (κ1) is 12.8. The minimum atomic E-state index is -0.145. The van der Waals surface area contributed by atoms with E-state index in [4.69, 9.17) is 15.2 Å². The molecule has 0 spiro atoms. The monoisotopic (exact) mass is 223 g/mol. The van der Waals surface area contributed by atoms with Gasteiger partial charge >= 0.3 is 0 Å². The predicted molar refractivity (Wildman–Crippen MR) is 66.8 cm³/mol. The molecular weight excluding hydrogens is 202 g/mol. The summed E-state index contributed by atoms with van der Waals surface area (Å²) in [5.41, 5.74) is 7.39. The van der Waals surface area contributed by atoms with Gasteiger partial charge in [0.25, 0.3) is 0 Å². The van der Waals surface area contributed by atoms with Crippen LogP contribution in [0, 0.1) is 6.92 Å². The lowest BCUT2D eigenvalue weighted by Gasteiger charge is -2.22. The lowest BCUT2D eigenvalue weighted by atomic mass is 10.1. The number of nitrogen functional groups attached to an aromatic ring is 1. The maximum absolute atomic E-state index is 5.71. The third kappa shape index (κ3) is 3.74. The average Bonchev–Trinajstić information content (AvgIpc) is 2.23. The van der Waals surface area contributed by atoms with E-state index in [1.54, 1.807) is 7.11 Å². The highest BCUT2D eigenvalue weighted by atomic mass is 16.5. The summed E-state index contributed by atoms with van der Waals surface area (Å²) in [5.74, 6) is 0.854. The standard InChI is InChI=1S/C13H21NO2/c1-10-5-6-11(14)9-12(10)16-8-7-13(2,3)15-4/h5-6,9H,7-8,14H2,1-4H3. The molecule has 0 fully saturated rings. The summed E-state index contributed by atoms with van der Waals surface area (Å²) in [5, 5.41) is 0. The van der Waals surface area contributed by atoms with Crippen molar-refractivity contribution in [2.45, 2.75) is 32.8 Å². The summed E-state index contributed by atoms with van der Waals surface area (Å²) in [6, 6.07) is 5.70. The van der Waals surface area contributed by atoms with E-state index < -0.39 is 0 Å². The Hall–Kier alpha value is -1.22. The lowest BCUT2D eigenvalue weighted by molar-refractivity contribution is 0.00540. The first-order chi connectivity index (χ1) is 7.44. The van der Waals surface area contributed by atoms with Crippen molar-refractivity contribution in [1.82, 2.24) is 0 Å². The molecule has 1 aromatic carbocycles. The number of aryl methyl sites for hydroxylation is 1. The Morgan fingerprint density at radius 2 is 2.00 bits per heavy atom. The molecule has 2 N–H and O–H groups in total. The van der Waals surface area contributed by atoms with Crippen molar-refractivity contribution >= 4 is 5.69 Å². The van der Waals surface area contributed by atoms with Crippen LogP contribution in [0.5, 0.6) is 5.75 Å². The molecule has 0 amide bonds. The van der Waals surface area contributed by atoms with Crippen LogP contribution in [0.2, 0.25) is 0 Å². The van der Waals surface area contributed by atoms with Crippen LogP contribution in [-0.2, 0) is 4.74 Å². The summed E-state index contributed by atoms with van der Waals surface area (Å²) < 4.78 is 11.0. The van der Waals surface area contributed by atoms with Crippen LogP contribution in [-0.4, -0.2) is 19.3 Å². The van der Waals surface area contributed by atoms with Crippen LogP contribution >= 0.6 is 0 Å². The molecule has 90 valence electrons. The second-order valence-electron chi connectivity index (χ2n) is 4.59. The number of hydrogen-bond acceptors (Lipinski definition) is 3. The fourth-order valence-corrected chi connectivity index (χ4v) is 1.28. The summed E-state index contributed by atoms with van der Waals surface area (Å²) in [4.78, 5) is 0. The van der Waals surface area contributed by atoms with Gasteiger partial charge in [-0.1, -0.05) is 6.07 Å². The second-order valence-corrected chi connectivity index (χ2v) is 4.59. The summed E-state index contributed by atoms with van der Waals surface area (Å²) >= 11 is 0. The van der Waals surface area contributed by atoms with E-state index in [2.05, 4.69) is 0 Å². The van der Waals surface area contributed by atoms with Crippen molar-refractivity contribution in [2.24, 2.45) is 0 Å². The largest absolute Gasteiger partial charge is 0.493 e. The van der Waals surface area contributed by atoms with Crippen molar-refractivity contribution in [3.63, 3.8) is 0 Å². The minimum absolute atomic E-state index is 0.145. The Balaban J connectivity index is 2.52. The van der Waals surface area contributed by atoms with Crippen molar-refractivity contribution < 1.29 is 9.47 Å². The zero-order valence-corrected chi connectivity index (χ0v) is 10.5. The van der Waals surface area contributed by atoms with E-state index in [1.165, 1.54) is 0 Å². The van der Waals surface area contributed by atoms with Gasteiger partial charge in [-0.25, -0.2) is 0 Å². The highest BCUT2D eigenvalue weighted by Crippen LogP contribution is 2.22. The number of ether oxygens (including phenoxy) is 2. The Bertz CT molecular complexity index is 348. The molecule has 0 aliphatic rings. The van der Waals surface area contributed by atoms with Crippen molar-refractivity contribution in [3.05, 3.63) is 23.8 Å². The van der Waals surface area contributed by atoms with Crippen LogP contribution < -0.4 is 10.5 Å². The van der Waals surface area contributed by atoms with Crippen molar-refractivity contribution in [1.29, 1.82) is 0 Å². The van der Waals surface area contributed by atoms with Gasteiger partial charge in [-0.2, -0.15) is 0 Å². The Kier molecular flexibility index (Phi) is 4.19. The molecule has 3 heteroatoms. The van der Waals surface area contributed by atoms with Gasteiger partial charge in [-0.15, -0.1) is 0 Å². The maximum Gasteiger partial charge on any atom is 0.124 e. The Labute approximate surface area is 97.6 Å². The van der Waals surface area contributed by atoms with Gasteiger partial charge in [0.1, 0.15) is 5.75 Å². The van der Waals surface area contributed by atoms with E-state index in [9.17, 15) is 0 Å². The molecule has 0 aliphatic carbocycles. The summed E-state index contributed by atoms with van der Waals surface area (Å²) in [6.07, 6.45) is 0.845. The third-order valence-corrected chi connectivity index (χ3v) is 2.73. The van der Waals surface area contributed by atoms with Crippen LogP contribution in [0.4, 0.5) is 5.69 Å². The molecule has 0 heterocycles. The molecule has 0 radical (unpaired) electrons. The first-order valence-electron chi connectivity index (χ1n) is 5.49. The summed E-state index contributed by atoms with van der Waals surface area (Å²) in [7, 11) is 1.71. The maximum atomic E-state index is 5.71. The molecule has 0 saturated carbocycles. The van der Waals surface area contributed by atoms with Crippen LogP contribution in [0.3, 0.4) is 0 Å². The van der Waals surface area contributed by atoms with E-state index in [-0.39, 0.29) is 5.60 Å². The van der Waals surface area contributed by atoms with E-state index in [1.807, 2.05) is 39.0 Å². The quantitative estimate of drug-likeness (QED) is 0.781. The number of hydrogen-bond donors (Lipinski definition) is 1. The number of benzene rings is 1. The van der Waals surface area contributed by atoms with Gasteiger partial charge in [0.15, 0.2) is 0 Å². The highest BCUT2D eigenvalue weighted by Gasteiger charge is 2.16. The normalized spacial score (nSPS) is 11.5. The molecule has 0 unspecified atom stereocenters. The number of rotatable bonds is 5. The minimum Gasteiger partial charge on any atom is -0.493 e. The first-order valence-corrected chi connectivity index (χ1v) is 5.49. The van der Waals surface area contributed by atoms with Gasteiger partial charge < -0.3 is 15.2 Å². The molecule has 1 rings (SSSR count). The zero-order valence-electron chi connectivity index (χ0n) is 10.5.